The Morgan fingerprint density at radius 2 is 1.61 bits per heavy atom. The van der Waals surface area contributed by atoms with Crippen molar-refractivity contribution in [3.63, 3.8) is 0 Å². The number of benzene rings is 3. The molecule has 0 aliphatic carbocycles. The third-order valence-electron chi connectivity index (χ3n) is 5.80. The summed E-state index contributed by atoms with van der Waals surface area (Å²) in [6, 6.07) is 21.5. The molecule has 1 unspecified atom stereocenters. The van der Waals surface area contributed by atoms with Crippen LogP contribution in [-0.4, -0.2) is 20.9 Å². The van der Waals surface area contributed by atoms with Crippen molar-refractivity contribution in [1.29, 1.82) is 0 Å². The molecule has 0 saturated carbocycles. The number of aryl methyl sites for hydroxylation is 3. The Hall–Kier alpha value is -3.12. The highest BCUT2D eigenvalue weighted by Gasteiger charge is 2.29. The van der Waals surface area contributed by atoms with Crippen molar-refractivity contribution in [1.82, 2.24) is 5.32 Å². The number of rotatable bonds is 9. The minimum Gasteiger partial charge on any atom is -0.348 e. The Morgan fingerprint density at radius 1 is 0.939 bits per heavy atom. The molecule has 0 spiro atoms. The first-order valence-electron chi connectivity index (χ1n) is 11.3. The smallest absolute Gasteiger partial charge is 0.264 e. The maximum absolute atomic E-state index is 13.6. The largest absolute Gasteiger partial charge is 0.348 e. The van der Waals surface area contributed by atoms with Gasteiger partial charge in [-0.2, -0.15) is 0 Å². The van der Waals surface area contributed by atoms with Gasteiger partial charge in [0.1, 0.15) is 6.54 Å². The number of hydrogen-bond acceptors (Lipinski definition) is 3. The van der Waals surface area contributed by atoms with Crippen LogP contribution in [0.1, 0.15) is 48.6 Å². The maximum atomic E-state index is 13.6. The molecule has 0 radical (unpaired) electrons. The lowest BCUT2D eigenvalue weighted by molar-refractivity contribution is -0.120. The highest BCUT2D eigenvalue weighted by atomic mass is 32.2. The lowest BCUT2D eigenvalue weighted by atomic mass is 9.97. The molecule has 6 heteroatoms. The highest BCUT2D eigenvalue weighted by Crippen LogP contribution is 2.28. The molecule has 0 saturated heterocycles. The molecule has 1 amide bonds. The average Bonchev–Trinajstić information content (AvgIpc) is 2.82. The van der Waals surface area contributed by atoms with Gasteiger partial charge < -0.3 is 5.32 Å². The van der Waals surface area contributed by atoms with Gasteiger partial charge in [0.05, 0.1) is 16.6 Å². The van der Waals surface area contributed by atoms with Crippen molar-refractivity contribution in [2.45, 2.75) is 51.5 Å². The SMILES string of the molecule is CCc1ccccc1N(CC(=O)NC(CC)c1ccc(C)cc1C)S(=O)(=O)c1ccccc1. The van der Waals surface area contributed by atoms with Crippen molar-refractivity contribution in [3.8, 4) is 0 Å². The summed E-state index contributed by atoms with van der Waals surface area (Å²) in [5.74, 6) is -0.341. The van der Waals surface area contributed by atoms with Gasteiger partial charge in [-0.05, 0) is 61.6 Å². The third kappa shape index (κ3) is 5.63. The van der Waals surface area contributed by atoms with E-state index in [-0.39, 0.29) is 23.4 Å². The number of para-hydroxylation sites is 1. The zero-order valence-electron chi connectivity index (χ0n) is 19.7. The molecule has 3 rings (SSSR count). The Morgan fingerprint density at radius 3 is 2.24 bits per heavy atom. The van der Waals surface area contributed by atoms with Gasteiger partial charge >= 0.3 is 0 Å². The summed E-state index contributed by atoms with van der Waals surface area (Å²) in [6.45, 7) is 7.75. The van der Waals surface area contributed by atoms with Crippen molar-refractivity contribution < 1.29 is 13.2 Å². The summed E-state index contributed by atoms with van der Waals surface area (Å²) < 4.78 is 28.4. The summed E-state index contributed by atoms with van der Waals surface area (Å²) in [6.07, 6.45) is 1.35. The average molecular weight is 465 g/mol. The fourth-order valence-electron chi connectivity index (χ4n) is 4.06. The molecule has 174 valence electrons. The van der Waals surface area contributed by atoms with Crippen molar-refractivity contribution in [2.75, 3.05) is 10.8 Å². The van der Waals surface area contributed by atoms with Crippen LogP contribution < -0.4 is 9.62 Å². The first-order chi connectivity index (χ1) is 15.8. The van der Waals surface area contributed by atoms with Gasteiger partial charge in [0.25, 0.3) is 10.0 Å². The van der Waals surface area contributed by atoms with Crippen LogP contribution in [0.5, 0.6) is 0 Å². The second-order valence-electron chi connectivity index (χ2n) is 8.20. The predicted molar refractivity (Wildman–Crippen MR) is 134 cm³/mol. The molecule has 33 heavy (non-hydrogen) atoms. The summed E-state index contributed by atoms with van der Waals surface area (Å²) in [5, 5.41) is 3.06. The van der Waals surface area contributed by atoms with E-state index < -0.39 is 10.0 Å². The van der Waals surface area contributed by atoms with Crippen LogP contribution in [0.4, 0.5) is 5.69 Å². The first kappa shape index (κ1) is 24.5. The molecule has 1 atom stereocenters. The van der Waals surface area contributed by atoms with Crippen molar-refractivity contribution >= 4 is 21.6 Å². The van der Waals surface area contributed by atoms with E-state index in [1.54, 1.807) is 42.5 Å². The minimum absolute atomic E-state index is 0.158. The van der Waals surface area contributed by atoms with Gasteiger partial charge in [-0.3, -0.25) is 9.10 Å². The molecule has 0 aliphatic rings. The number of carbonyl (C=O) groups is 1. The van der Waals surface area contributed by atoms with Gasteiger partial charge in [0.15, 0.2) is 0 Å². The van der Waals surface area contributed by atoms with Crippen molar-refractivity contribution in [2.24, 2.45) is 0 Å². The molecule has 1 N–H and O–H groups in total. The Balaban J connectivity index is 1.95. The van der Waals surface area contributed by atoms with Gasteiger partial charge in [-0.15, -0.1) is 0 Å². The van der Waals surface area contributed by atoms with E-state index >= 15 is 0 Å². The molecule has 5 nitrogen and oxygen atoms in total. The van der Waals surface area contributed by atoms with Gasteiger partial charge in [0, 0.05) is 0 Å². The zero-order chi connectivity index (χ0) is 24.0. The van der Waals surface area contributed by atoms with Crippen LogP contribution in [0, 0.1) is 13.8 Å². The molecule has 0 fully saturated rings. The molecular weight excluding hydrogens is 432 g/mol. The topological polar surface area (TPSA) is 66.5 Å². The van der Waals surface area contributed by atoms with Gasteiger partial charge in [-0.25, -0.2) is 8.42 Å². The Labute approximate surface area is 197 Å². The van der Waals surface area contributed by atoms with E-state index in [1.807, 2.05) is 52.0 Å². The predicted octanol–water partition coefficient (Wildman–Crippen LogP) is 5.33. The second-order valence-corrected chi connectivity index (χ2v) is 10.1. The van der Waals surface area contributed by atoms with Crippen LogP contribution in [0.3, 0.4) is 0 Å². The second kappa shape index (κ2) is 10.7. The van der Waals surface area contributed by atoms with E-state index in [2.05, 4.69) is 11.4 Å². The number of nitrogens with one attached hydrogen (secondary N) is 1. The van der Waals surface area contributed by atoms with Gasteiger partial charge in [-0.1, -0.05) is 74.0 Å². The normalized spacial score (nSPS) is 12.2. The lowest BCUT2D eigenvalue weighted by Gasteiger charge is -2.27. The standard InChI is InChI=1S/C27H32N2O3S/c1-5-22-12-10-11-15-26(22)29(33(31,32)23-13-8-7-9-14-23)19-27(30)28-25(6-2)24-17-16-20(3)18-21(24)4/h7-18,25H,5-6,19H2,1-4H3,(H,28,30). The van der Waals surface area contributed by atoms with E-state index in [1.165, 1.54) is 4.31 Å². The number of sulfonamides is 1. The van der Waals surface area contributed by atoms with Crippen LogP contribution >= 0.6 is 0 Å². The maximum Gasteiger partial charge on any atom is 0.264 e. The van der Waals surface area contributed by atoms with Crippen LogP contribution in [-0.2, 0) is 21.2 Å². The van der Waals surface area contributed by atoms with E-state index in [4.69, 9.17) is 0 Å². The van der Waals surface area contributed by atoms with E-state index in [0.717, 1.165) is 22.3 Å². The molecule has 0 heterocycles. The molecule has 0 bridgehead atoms. The highest BCUT2D eigenvalue weighted by molar-refractivity contribution is 7.92. The zero-order valence-corrected chi connectivity index (χ0v) is 20.5. The fraction of sp³-hybridized carbons (Fsp3) is 0.296. The summed E-state index contributed by atoms with van der Waals surface area (Å²) in [4.78, 5) is 13.4. The summed E-state index contributed by atoms with van der Waals surface area (Å²) in [7, 11) is -3.93. The number of nitrogens with zero attached hydrogens (tertiary/aromatic N) is 1. The quantitative estimate of drug-likeness (QED) is 0.465. The Bertz CT molecular complexity index is 1210. The lowest BCUT2D eigenvalue weighted by Crippen LogP contribution is -2.42. The summed E-state index contributed by atoms with van der Waals surface area (Å²) in [5.41, 5.74) is 4.70. The summed E-state index contributed by atoms with van der Waals surface area (Å²) >= 11 is 0. The molecule has 3 aromatic carbocycles. The van der Waals surface area contributed by atoms with E-state index in [0.29, 0.717) is 18.5 Å². The first-order valence-corrected chi connectivity index (χ1v) is 12.7. The van der Waals surface area contributed by atoms with E-state index in [9.17, 15) is 13.2 Å². The number of anilines is 1. The van der Waals surface area contributed by atoms with Gasteiger partial charge in [0.2, 0.25) is 5.91 Å². The van der Waals surface area contributed by atoms with Crippen molar-refractivity contribution in [3.05, 3.63) is 95.1 Å². The number of carbonyl (C=O) groups excluding carboxylic acids is 1. The van der Waals surface area contributed by atoms with Crippen LogP contribution in [0.2, 0.25) is 0 Å². The molecule has 0 aliphatic heterocycles. The molecule has 3 aromatic rings. The molecular formula is C27H32N2O3S. The minimum atomic E-state index is -3.93. The number of amides is 1. The van der Waals surface area contributed by atoms with Crippen LogP contribution in [0.15, 0.2) is 77.7 Å². The fourth-order valence-corrected chi connectivity index (χ4v) is 5.54. The monoisotopic (exact) mass is 464 g/mol. The third-order valence-corrected chi connectivity index (χ3v) is 7.58. The van der Waals surface area contributed by atoms with Crippen LogP contribution in [0.25, 0.3) is 0 Å². The number of hydrogen-bond donors (Lipinski definition) is 1. The Kier molecular flexibility index (Phi) is 7.92. The molecule has 0 aromatic heterocycles.